The lowest BCUT2D eigenvalue weighted by Gasteiger charge is -2.22. The van der Waals surface area contributed by atoms with E-state index in [1.165, 1.54) is 12.1 Å². The van der Waals surface area contributed by atoms with E-state index in [-0.39, 0.29) is 5.56 Å². The van der Waals surface area contributed by atoms with E-state index in [2.05, 4.69) is 5.32 Å². The Balaban J connectivity index is 2.73. The number of alkyl carbamates (subject to hydrolysis) is 1. The molecule has 20 heavy (non-hydrogen) atoms. The van der Waals surface area contributed by atoms with Gasteiger partial charge in [0.1, 0.15) is 17.5 Å². The Morgan fingerprint density at radius 1 is 1.30 bits per heavy atom. The molecule has 0 aromatic heterocycles. The van der Waals surface area contributed by atoms with Gasteiger partial charge in [-0.25, -0.2) is 9.18 Å². The molecule has 6 heteroatoms. The van der Waals surface area contributed by atoms with Gasteiger partial charge in [0.25, 0.3) is 0 Å². The first kappa shape index (κ1) is 16.1. The van der Waals surface area contributed by atoms with E-state index in [1.807, 2.05) is 0 Å². The topological polar surface area (TPSA) is 75.6 Å². The van der Waals surface area contributed by atoms with Gasteiger partial charge in [-0.2, -0.15) is 0 Å². The third-order valence-corrected chi connectivity index (χ3v) is 2.32. The molecular weight excluding hydrogens is 265 g/mol. The summed E-state index contributed by atoms with van der Waals surface area (Å²) in [6, 6.07) is 3.72. The van der Waals surface area contributed by atoms with Crippen LogP contribution in [0.25, 0.3) is 0 Å². The second kappa shape index (κ2) is 6.47. The molecule has 0 spiro atoms. The predicted molar refractivity (Wildman–Crippen MR) is 71.0 cm³/mol. The molecule has 1 amide bonds. The lowest BCUT2D eigenvalue weighted by Crippen LogP contribution is -2.45. The van der Waals surface area contributed by atoms with Gasteiger partial charge in [-0.05, 0) is 45.0 Å². The molecule has 0 saturated heterocycles. The highest BCUT2D eigenvalue weighted by molar-refractivity contribution is 6.01. The van der Waals surface area contributed by atoms with Gasteiger partial charge in [0.05, 0.1) is 6.61 Å². The highest BCUT2D eigenvalue weighted by Gasteiger charge is 2.24. The van der Waals surface area contributed by atoms with Crippen molar-refractivity contribution in [2.24, 2.45) is 0 Å². The van der Waals surface area contributed by atoms with Gasteiger partial charge < -0.3 is 15.2 Å². The SMILES string of the molecule is CC(C)(C)OC(=O)NC(CO)C(=O)c1ccc(F)cc1. The van der Waals surface area contributed by atoms with Gasteiger partial charge in [0.15, 0.2) is 5.78 Å². The molecule has 0 fully saturated rings. The molecular formula is C14H18FNO4. The number of hydrogen-bond donors (Lipinski definition) is 2. The quantitative estimate of drug-likeness (QED) is 0.827. The molecule has 0 aliphatic heterocycles. The highest BCUT2D eigenvalue weighted by Crippen LogP contribution is 2.09. The maximum absolute atomic E-state index is 12.8. The Kier molecular flexibility index (Phi) is 5.21. The standard InChI is InChI=1S/C14H18FNO4/c1-14(2,3)20-13(19)16-11(8-17)12(18)9-4-6-10(15)7-5-9/h4-7,11,17H,8H2,1-3H3,(H,16,19). The number of ketones is 1. The Morgan fingerprint density at radius 2 is 1.85 bits per heavy atom. The highest BCUT2D eigenvalue weighted by atomic mass is 19.1. The van der Waals surface area contributed by atoms with E-state index in [0.29, 0.717) is 0 Å². The fourth-order valence-electron chi connectivity index (χ4n) is 1.46. The fourth-order valence-corrected chi connectivity index (χ4v) is 1.46. The van der Waals surface area contributed by atoms with Crippen LogP contribution in [0.4, 0.5) is 9.18 Å². The van der Waals surface area contributed by atoms with Crippen molar-refractivity contribution in [3.8, 4) is 0 Å². The van der Waals surface area contributed by atoms with Crippen molar-refractivity contribution in [3.05, 3.63) is 35.6 Å². The first-order valence-corrected chi connectivity index (χ1v) is 6.13. The number of amides is 1. The lowest BCUT2D eigenvalue weighted by molar-refractivity contribution is 0.0467. The largest absolute Gasteiger partial charge is 0.444 e. The third-order valence-electron chi connectivity index (χ3n) is 2.32. The van der Waals surface area contributed by atoms with Crippen molar-refractivity contribution < 1.29 is 23.8 Å². The van der Waals surface area contributed by atoms with E-state index in [9.17, 15) is 19.1 Å². The van der Waals surface area contributed by atoms with Crippen LogP contribution in [0.5, 0.6) is 0 Å². The minimum absolute atomic E-state index is 0.196. The first-order chi connectivity index (χ1) is 9.23. The van der Waals surface area contributed by atoms with Crippen LogP contribution in [0.3, 0.4) is 0 Å². The summed E-state index contributed by atoms with van der Waals surface area (Å²) in [6.07, 6.45) is -0.799. The molecule has 1 atom stereocenters. The van der Waals surface area contributed by atoms with Gasteiger partial charge in [-0.1, -0.05) is 0 Å². The summed E-state index contributed by atoms with van der Waals surface area (Å²) in [6.45, 7) is 4.47. The van der Waals surface area contributed by atoms with E-state index in [1.54, 1.807) is 20.8 Å². The van der Waals surface area contributed by atoms with Gasteiger partial charge in [-0.3, -0.25) is 4.79 Å². The van der Waals surface area contributed by atoms with Crippen molar-refractivity contribution in [1.29, 1.82) is 0 Å². The number of rotatable bonds is 4. The van der Waals surface area contributed by atoms with E-state index < -0.39 is 35.9 Å². The monoisotopic (exact) mass is 283 g/mol. The average Bonchev–Trinajstić information content (AvgIpc) is 2.34. The number of ether oxygens (including phenoxy) is 1. The van der Waals surface area contributed by atoms with Crippen molar-refractivity contribution in [1.82, 2.24) is 5.32 Å². The van der Waals surface area contributed by atoms with Crippen molar-refractivity contribution in [2.75, 3.05) is 6.61 Å². The number of carbonyl (C=O) groups is 2. The Labute approximate surface area is 116 Å². The summed E-state index contributed by atoms with van der Waals surface area (Å²) >= 11 is 0. The maximum atomic E-state index is 12.8. The molecule has 1 rings (SSSR count). The van der Waals surface area contributed by atoms with Gasteiger partial charge >= 0.3 is 6.09 Å². The lowest BCUT2D eigenvalue weighted by atomic mass is 10.0. The van der Waals surface area contributed by atoms with Crippen LogP contribution in [-0.4, -0.2) is 35.2 Å². The summed E-state index contributed by atoms with van der Waals surface area (Å²) in [5.41, 5.74) is -0.510. The number of nitrogens with one attached hydrogen (secondary N) is 1. The van der Waals surface area contributed by atoms with Crippen LogP contribution in [0.15, 0.2) is 24.3 Å². The van der Waals surface area contributed by atoms with Crippen LogP contribution in [-0.2, 0) is 4.74 Å². The van der Waals surface area contributed by atoms with Crippen LogP contribution in [0.2, 0.25) is 0 Å². The predicted octanol–water partition coefficient (Wildman–Crippen LogP) is 1.89. The zero-order chi connectivity index (χ0) is 15.3. The molecule has 0 heterocycles. The molecule has 1 unspecified atom stereocenters. The number of hydrogen-bond acceptors (Lipinski definition) is 4. The number of aliphatic hydroxyl groups excluding tert-OH is 1. The molecule has 0 bridgehead atoms. The average molecular weight is 283 g/mol. The molecule has 2 N–H and O–H groups in total. The number of halogens is 1. The van der Waals surface area contributed by atoms with Crippen molar-refractivity contribution in [2.45, 2.75) is 32.4 Å². The maximum Gasteiger partial charge on any atom is 0.408 e. The van der Waals surface area contributed by atoms with E-state index in [0.717, 1.165) is 12.1 Å². The second-order valence-electron chi connectivity index (χ2n) is 5.25. The Morgan fingerprint density at radius 3 is 2.30 bits per heavy atom. The molecule has 0 aliphatic carbocycles. The van der Waals surface area contributed by atoms with Gasteiger partial charge in [0, 0.05) is 5.56 Å². The second-order valence-corrected chi connectivity index (χ2v) is 5.25. The van der Waals surface area contributed by atoms with Crippen molar-refractivity contribution in [3.63, 3.8) is 0 Å². The summed E-state index contributed by atoms with van der Waals surface area (Å²) in [4.78, 5) is 23.6. The summed E-state index contributed by atoms with van der Waals surface area (Å²) < 4.78 is 17.8. The number of aliphatic hydroxyl groups is 1. The summed E-state index contributed by atoms with van der Waals surface area (Å²) in [7, 11) is 0. The smallest absolute Gasteiger partial charge is 0.408 e. The first-order valence-electron chi connectivity index (χ1n) is 6.13. The van der Waals surface area contributed by atoms with E-state index in [4.69, 9.17) is 4.74 Å². The molecule has 5 nitrogen and oxygen atoms in total. The van der Waals surface area contributed by atoms with Gasteiger partial charge in [-0.15, -0.1) is 0 Å². The Hall–Kier alpha value is -1.95. The van der Waals surface area contributed by atoms with Crippen LogP contribution in [0, 0.1) is 5.82 Å². The zero-order valence-electron chi connectivity index (χ0n) is 11.6. The minimum Gasteiger partial charge on any atom is -0.444 e. The van der Waals surface area contributed by atoms with Crippen molar-refractivity contribution >= 4 is 11.9 Å². The zero-order valence-corrected chi connectivity index (χ0v) is 11.6. The summed E-state index contributed by atoms with van der Waals surface area (Å²) in [5, 5.41) is 11.5. The normalized spacial score (nSPS) is 12.7. The van der Waals surface area contributed by atoms with Crippen LogP contribution in [0.1, 0.15) is 31.1 Å². The number of Topliss-reactive ketones (excluding diaryl/α,β-unsaturated/α-hetero) is 1. The molecule has 0 aliphatic rings. The van der Waals surface area contributed by atoms with E-state index >= 15 is 0 Å². The molecule has 1 aromatic carbocycles. The molecule has 0 radical (unpaired) electrons. The van der Waals surface area contributed by atoms with Crippen LogP contribution >= 0.6 is 0 Å². The number of carbonyl (C=O) groups excluding carboxylic acids is 2. The van der Waals surface area contributed by atoms with Gasteiger partial charge in [0.2, 0.25) is 0 Å². The summed E-state index contributed by atoms with van der Waals surface area (Å²) in [5.74, 6) is -0.986. The third kappa shape index (κ3) is 4.97. The fraction of sp³-hybridized carbons (Fsp3) is 0.429. The minimum atomic E-state index is -1.13. The molecule has 0 saturated carbocycles. The molecule has 110 valence electrons. The molecule has 1 aromatic rings. The van der Waals surface area contributed by atoms with Crippen LogP contribution < -0.4 is 5.32 Å². The number of benzene rings is 1. The Bertz CT molecular complexity index is 479.